The number of hydrogen-bond acceptors (Lipinski definition) is 5. The molecule has 0 aliphatic carbocycles. The average Bonchev–Trinajstić information content (AvgIpc) is 2.83. The fourth-order valence-electron chi connectivity index (χ4n) is 2.51. The molecule has 0 saturated heterocycles. The predicted molar refractivity (Wildman–Crippen MR) is 93.6 cm³/mol. The van der Waals surface area contributed by atoms with Crippen LogP contribution in [0.5, 0.6) is 5.75 Å². The van der Waals surface area contributed by atoms with Crippen molar-refractivity contribution in [3.63, 3.8) is 0 Å². The van der Waals surface area contributed by atoms with Gasteiger partial charge < -0.3 is 14.8 Å². The number of anilines is 1. The molecule has 0 radical (unpaired) electrons. The largest absolute Gasteiger partial charge is 0.482 e. The van der Waals surface area contributed by atoms with Gasteiger partial charge in [-0.05, 0) is 38.0 Å². The summed E-state index contributed by atoms with van der Waals surface area (Å²) in [4.78, 5) is 23.3. The number of methoxy groups -OCH3 is 1. The number of nitrogens with one attached hydrogen (secondary N) is 1. The second-order valence-electron chi connectivity index (χ2n) is 5.71. The molecule has 0 fully saturated rings. The maximum absolute atomic E-state index is 12.2. The Morgan fingerprint density at radius 1 is 1.28 bits per heavy atom. The minimum Gasteiger partial charge on any atom is -0.482 e. The highest BCUT2D eigenvalue weighted by Crippen LogP contribution is 2.18. The van der Waals surface area contributed by atoms with E-state index in [1.165, 1.54) is 7.11 Å². The van der Waals surface area contributed by atoms with E-state index in [-0.39, 0.29) is 12.5 Å². The van der Waals surface area contributed by atoms with Crippen molar-refractivity contribution in [3.05, 3.63) is 41.2 Å². The molecule has 25 heavy (non-hydrogen) atoms. The monoisotopic (exact) mass is 345 g/mol. The van der Waals surface area contributed by atoms with Crippen LogP contribution in [0.15, 0.2) is 24.3 Å². The molecule has 1 aromatic carbocycles. The van der Waals surface area contributed by atoms with Crippen molar-refractivity contribution < 1.29 is 19.1 Å². The first-order valence-electron chi connectivity index (χ1n) is 7.99. The number of aryl methyl sites for hydroxylation is 2. The number of hydrogen-bond donors (Lipinski definition) is 1. The molecule has 7 heteroatoms. The Morgan fingerprint density at radius 2 is 2.04 bits per heavy atom. The molecule has 0 unspecified atom stereocenters. The molecule has 0 aliphatic heterocycles. The van der Waals surface area contributed by atoms with E-state index < -0.39 is 5.97 Å². The van der Waals surface area contributed by atoms with Crippen molar-refractivity contribution in [1.82, 2.24) is 9.78 Å². The minimum absolute atomic E-state index is 0.0900. The van der Waals surface area contributed by atoms with Gasteiger partial charge in [-0.15, -0.1) is 0 Å². The number of benzene rings is 1. The highest BCUT2D eigenvalue weighted by atomic mass is 16.6. The number of carbonyl (C=O) groups is 2. The Hall–Kier alpha value is -2.83. The molecule has 1 N–H and O–H groups in total. The van der Waals surface area contributed by atoms with E-state index in [4.69, 9.17) is 4.74 Å². The van der Waals surface area contributed by atoms with Gasteiger partial charge >= 0.3 is 5.97 Å². The summed E-state index contributed by atoms with van der Waals surface area (Å²) in [6, 6.07) is 6.89. The van der Waals surface area contributed by atoms with Gasteiger partial charge in [0, 0.05) is 30.9 Å². The van der Waals surface area contributed by atoms with Crippen molar-refractivity contribution >= 4 is 17.6 Å². The van der Waals surface area contributed by atoms with E-state index >= 15 is 0 Å². The van der Waals surface area contributed by atoms with Gasteiger partial charge in [0.05, 0.1) is 12.8 Å². The first-order valence-corrected chi connectivity index (χ1v) is 7.99. The van der Waals surface area contributed by atoms with E-state index in [0.29, 0.717) is 24.3 Å². The highest BCUT2D eigenvalue weighted by molar-refractivity contribution is 5.91. The molecule has 0 spiro atoms. The SMILES string of the molecule is COC(=O)COc1cccc(NC(=O)CCc2c(C)nn(C)c2C)c1. The number of esters is 1. The molecule has 0 atom stereocenters. The zero-order valence-corrected chi connectivity index (χ0v) is 15.0. The van der Waals surface area contributed by atoms with Crippen LogP contribution in [-0.2, 0) is 27.8 Å². The lowest BCUT2D eigenvalue weighted by atomic mass is 10.1. The summed E-state index contributed by atoms with van der Waals surface area (Å²) in [6.45, 7) is 3.77. The zero-order chi connectivity index (χ0) is 18.4. The maximum Gasteiger partial charge on any atom is 0.343 e. The van der Waals surface area contributed by atoms with Gasteiger partial charge in [0.15, 0.2) is 6.61 Å². The summed E-state index contributed by atoms with van der Waals surface area (Å²) >= 11 is 0. The van der Waals surface area contributed by atoms with Crippen LogP contribution < -0.4 is 10.1 Å². The van der Waals surface area contributed by atoms with Gasteiger partial charge in [-0.1, -0.05) is 6.07 Å². The topological polar surface area (TPSA) is 82.4 Å². The number of ether oxygens (including phenoxy) is 2. The Balaban J connectivity index is 1.91. The fraction of sp³-hybridized carbons (Fsp3) is 0.389. The minimum atomic E-state index is -0.461. The van der Waals surface area contributed by atoms with Gasteiger partial charge in [0.25, 0.3) is 0 Å². The van der Waals surface area contributed by atoms with Crippen LogP contribution in [0.25, 0.3) is 0 Å². The Labute approximate surface area is 146 Å². The third kappa shape index (κ3) is 5.07. The molecule has 1 amide bonds. The van der Waals surface area contributed by atoms with Gasteiger partial charge in [-0.2, -0.15) is 5.10 Å². The summed E-state index contributed by atoms with van der Waals surface area (Å²) < 4.78 is 11.7. The summed E-state index contributed by atoms with van der Waals surface area (Å²) in [5, 5.41) is 7.19. The van der Waals surface area contributed by atoms with Gasteiger partial charge in [0.1, 0.15) is 5.75 Å². The van der Waals surface area contributed by atoms with Gasteiger partial charge in [-0.3, -0.25) is 9.48 Å². The van der Waals surface area contributed by atoms with E-state index in [1.54, 1.807) is 24.3 Å². The standard InChI is InChI=1S/C18H23N3O4/c1-12-16(13(2)21(3)20-12)8-9-17(22)19-14-6-5-7-15(10-14)25-11-18(23)24-4/h5-7,10H,8-9,11H2,1-4H3,(H,19,22). The van der Waals surface area contributed by atoms with Crippen LogP contribution in [0, 0.1) is 13.8 Å². The summed E-state index contributed by atoms with van der Waals surface area (Å²) in [5.41, 5.74) is 3.74. The van der Waals surface area contributed by atoms with Gasteiger partial charge in [0.2, 0.25) is 5.91 Å². The van der Waals surface area contributed by atoms with Crippen LogP contribution >= 0.6 is 0 Å². The van der Waals surface area contributed by atoms with Crippen molar-refractivity contribution in [1.29, 1.82) is 0 Å². The summed E-state index contributed by atoms with van der Waals surface area (Å²) in [7, 11) is 3.19. The van der Waals surface area contributed by atoms with Crippen molar-refractivity contribution in [2.24, 2.45) is 7.05 Å². The number of aromatic nitrogens is 2. The van der Waals surface area contributed by atoms with Crippen LogP contribution in [0.4, 0.5) is 5.69 Å². The Kier molecular flexibility index (Phi) is 6.16. The van der Waals surface area contributed by atoms with E-state index in [0.717, 1.165) is 17.0 Å². The number of nitrogens with zero attached hydrogens (tertiary/aromatic N) is 2. The van der Waals surface area contributed by atoms with Crippen molar-refractivity contribution in [2.45, 2.75) is 26.7 Å². The predicted octanol–water partition coefficient (Wildman–Crippen LogP) is 2.16. The molecule has 7 nitrogen and oxygen atoms in total. The van der Waals surface area contributed by atoms with Crippen LogP contribution in [0.1, 0.15) is 23.4 Å². The smallest absolute Gasteiger partial charge is 0.343 e. The lowest BCUT2D eigenvalue weighted by Gasteiger charge is -2.09. The van der Waals surface area contributed by atoms with Crippen molar-refractivity contribution in [2.75, 3.05) is 19.0 Å². The fourth-order valence-corrected chi connectivity index (χ4v) is 2.51. The van der Waals surface area contributed by atoms with Crippen LogP contribution in [-0.4, -0.2) is 35.4 Å². The molecule has 0 bridgehead atoms. The first-order chi connectivity index (χ1) is 11.9. The second-order valence-corrected chi connectivity index (χ2v) is 5.71. The highest BCUT2D eigenvalue weighted by Gasteiger charge is 2.12. The quantitative estimate of drug-likeness (QED) is 0.778. The van der Waals surface area contributed by atoms with Crippen molar-refractivity contribution in [3.8, 4) is 5.75 Å². The van der Waals surface area contributed by atoms with E-state index in [2.05, 4.69) is 15.2 Å². The molecule has 1 heterocycles. The van der Waals surface area contributed by atoms with Gasteiger partial charge in [-0.25, -0.2) is 4.79 Å². The summed E-state index contributed by atoms with van der Waals surface area (Å²) in [6.07, 6.45) is 0.997. The average molecular weight is 345 g/mol. The molecule has 1 aromatic heterocycles. The Bertz CT molecular complexity index is 768. The second kappa shape index (κ2) is 8.32. The maximum atomic E-state index is 12.2. The van der Waals surface area contributed by atoms with E-state index in [9.17, 15) is 9.59 Å². The van der Waals surface area contributed by atoms with Crippen LogP contribution in [0.2, 0.25) is 0 Å². The Morgan fingerprint density at radius 3 is 2.68 bits per heavy atom. The lowest BCUT2D eigenvalue weighted by Crippen LogP contribution is -2.14. The lowest BCUT2D eigenvalue weighted by molar-refractivity contribution is -0.142. The first kappa shape index (κ1) is 18.5. The molecule has 134 valence electrons. The molecule has 0 saturated carbocycles. The molecular weight excluding hydrogens is 322 g/mol. The van der Waals surface area contributed by atoms with E-state index in [1.807, 2.05) is 25.6 Å². The van der Waals surface area contributed by atoms with Crippen LogP contribution in [0.3, 0.4) is 0 Å². The molecule has 0 aliphatic rings. The molecular formula is C18H23N3O4. The number of carbonyl (C=O) groups excluding carboxylic acids is 2. The molecule has 2 aromatic rings. The zero-order valence-electron chi connectivity index (χ0n) is 15.0. The number of amides is 1. The third-order valence-electron chi connectivity index (χ3n) is 3.96. The third-order valence-corrected chi connectivity index (χ3v) is 3.96. The number of rotatable bonds is 7. The molecule has 2 rings (SSSR count). The summed E-state index contributed by atoms with van der Waals surface area (Å²) in [5.74, 6) is -0.0634. The normalized spacial score (nSPS) is 10.4.